The fourth-order valence-electron chi connectivity index (χ4n) is 3.00. The molecule has 2 rings (SSSR count). The van der Waals surface area contributed by atoms with Gasteiger partial charge < -0.3 is 30.8 Å². The first-order valence-electron chi connectivity index (χ1n) is 13.5. The molecule has 0 bridgehead atoms. The summed E-state index contributed by atoms with van der Waals surface area (Å²) >= 11 is 0. The van der Waals surface area contributed by atoms with Gasteiger partial charge in [-0.25, -0.2) is 4.79 Å². The maximum atomic E-state index is 11.4. The van der Waals surface area contributed by atoms with Crippen molar-refractivity contribution in [3.05, 3.63) is 47.5 Å². The summed E-state index contributed by atoms with van der Waals surface area (Å²) < 4.78 is 10.6. The van der Waals surface area contributed by atoms with Crippen LogP contribution in [0, 0.1) is 12.3 Å². The molecule has 1 heterocycles. The number of nitrogens with one attached hydrogen (secondary N) is 2. The summed E-state index contributed by atoms with van der Waals surface area (Å²) in [6.07, 6.45) is 2.87. The summed E-state index contributed by atoms with van der Waals surface area (Å²) in [5.74, 6) is 0.883. The van der Waals surface area contributed by atoms with E-state index in [1.807, 2.05) is 71.0 Å². The quantitative estimate of drug-likeness (QED) is 0.222. The van der Waals surface area contributed by atoms with E-state index in [0.29, 0.717) is 24.8 Å². The first-order valence-corrected chi connectivity index (χ1v) is 13.5. The van der Waals surface area contributed by atoms with Gasteiger partial charge in [-0.15, -0.1) is 0 Å². The average Bonchev–Trinajstić information content (AvgIpc) is 2.88. The van der Waals surface area contributed by atoms with Gasteiger partial charge in [0.25, 0.3) is 0 Å². The van der Waals surface area contributed by atoms with Crippen molar-refractivity contribution in [2.75, 3.05) is 36.9 Å². The van der Waals surface area contributed by atoms with Crippen LogP contribution < -0.4 is 20.7 Å². The summed E-state index contributed by atoms with van der Waals surface area (Å²) in [5.41, 5.74) is 9.07. The molecule has 0 saturated carbocycles. The van der Waals surface area contributed by atoms with Crippen LogP contribution in [-0.4, -0.2) is 49.6 Å². The first kappa shape index (κ1) is 35.9. The van der Waals surface area contributed by atoms with Gasteiger partial charge in [0.1, 0.15) is 12.4 Å². The molecule has 0 fully saturated rings. The number of carbonyl (C=O) groups is 1. The van der Waals surface area contributed by atoms with Crippen molar-refractivity contribution >= 4 is 23.8 Å². The molecule has 0 spiro atoms. The SMILES string of the molecule is CC.CC.CCCN(CCC)c1cc(N)nc(OCCNC(=O)OC(C)C)c1.Cc1cccc(C=N)c1. The Hall–Kier alpha value is -3.29. The highest BCUT2D eigenvalue weighted by Crippen LogP contribution is 2.23. The maximum absolute atomic E-state index is 11.4. The number of nitrogens with two attached hydrogens (primary N) is 1. The second kappa shape index (κ2) is 23.1. The number of hydrogen-bond acceptors (Lipinski definition) is 7. The Balaban J connectivity index is 0. The standard InChI is InChI=1S/C17H30N4O3.C8H9N.2C2H6/c1-5-8-21(9-6-2)14-11-15(18)20-16(12-14)23-10-7-19-17(22)24-13(3)4;1-7-3-2-4-8(5-7)6-9;2*1-2/h11-13H,5-10H2,1-4H3,(H2,18,20)(H,19,22);2-6,9H,1H3;2*1-2H3. The van der Waals surface area contributed by atoms with Crippen molar-refractivity contribution in [1.29, 1.82) is 5.41 Å². The van der Waals surface area contributed by atoms with Crippen molar-refractivity contribution in [3.8, 4) is 5.88 Å². The molecule has 0 unspecified atom stereocenters. The van der Waals surface area contributed by atoms with Crippen LogP contribution in [0.25, 0.3) is 0 Å². The molecule has 1 aromatic carbocycles. The number of ether oxygens (including phenoxy) is 2. The molecule has 1 amide bonds. The number of amides is 1. The largest absolute Gasteiger partial charge is 0.476 e. The Morgan fingerprint density at radius 1 is 1.11 bits per heavy atom. The third-order valence-electron chi connectivity index (χ3n) is 4.33. The second-order valence-electron chi connectivity index (χ2n) is 7.86. The summed E-state index contributed by atoms with van der Waals surface area (Å²) in [5, 5.41) is 9.54. The number of anilines is 2. The molecule has 0 aliphatic rings. The van der Waals surface area contributed by atoms with Gasteiger partial charge in [-0.1, -0.05) is 71.4 Å². The number of hydrogen-bond donors (Lipinski definition) is 3. The van der Waals surface area contributed by atoms with E-state index in [-0.39, 0.29) is 6.10 Å². The number of aromatic nitrogens is 1. The van der Waals surface area contributed by atoms with Crippen molar-refractivity contribution in [3.63, 3.8) is 0 Å². The number of aryl methyl sites for hydroxylation is 1. The lowest BCUT2D eigenvalue weighted by atomic mass is 10.2. The predicted molar refractivity (Wildman–Crippen MR) is 158 cm³/mol. The lowest BCUT2D eigenvalue weighted by Crippen LogP contribution is -2.30. The van der Waals surface area contributed by atoms with E-state index in [4.69, 9.17) is 20.6 Å². The zero-order chi connectivity index (χ0) is 28.6. The zero-order valence-electron chi connectivity index (χ0n) is 24.6. The predicted octanol–water partition coefficient (Wildman–Crippen LogP) is 6.85. The second-order valence-corrected chi connectivity index (χ2v) is 7.86. The van der Waals surface area contributed by atoms with Crippen LogP contribution >= 0.6 is 0 Å². The number of carbonyl (C=O) groups excluding carboxylic acids is 1. The Morgan fingerprint density at radius 2 is 1.73 bits per heavy atom. The maximum Gasteiger partial charge on any atom is 0.407 e. The highest BCUT2D eigenvalue weighted by molar-refractivity contribution is 5.77. The Morgan fingerprint density at radius 3 is 2.22 bits per heavy atom. The van der Waals surface area contributed by atoms with Crippen LogP contribution in [-0.2, 0) is 4.74 Å². The summed E-state index contributed by atoms with van der Waals surface area (Å²) in [4.78, 5) is 17.8. The molecule has 0 atom stereocenters. The van der Waals surface area contributed by atoms with E-state index in [1.165, 1.54) is 11.8 Å². The fraction of sp³-hybridized carbons (Fsp3) is 0.552. The Bertz CT molecular complexity index is 853. The third kappa shape index (κ3) is 17.7. The number of nitrogen functional groups attached to an aromatic ring is 1. The molecule has 37 heavy (non-hydrogen) atoms. The number of rotatable bonds is 11. The Labute approximate surface area is 225 Å². The van der Waals surface area contributed by atoms with E-state index in [1.54, 1.807) is 13.8 Å². The monoisotopic (exact) mass is 517 g/mol. The smallest absolute Gasteiger partial charge is 0.407 e. The van der Waals surface area contributed by atoms with Gasteiger partial charge in [0.05, 0.1) is 12.6 Å². The topological polar surface area (TPSA) is 114 Å². The molecule has 0 aliphatic carbocycles. The van der Waals surface area contributed by atoms with E-state index in [9.17, 15) is 4.79 Å². The summed E-state index contributed by atoms with van der Waals surface area (Å²) in [7, 11) is 0. The highest BCUT2D eigenvalue weighted by atomic mass is 16.6. The number of nitrogens with zero attached hydrogens (tertiary/aromatic N) is 2. The van der Waals surface area contributed by atoms with Crippen LogP contribution in [0.15, 0.2) is 36.4 Å². The molecule has 0 aliphatic heterocycles. The van der Waals surface area contributed by atoms with Gasteiger partial charge in [0.2, 0.25) is 5.88 Å². The van der Waals surface area contributed by atoms with Gasteiger partial charge in [0, 0.05) is 37.1 Å². The fourth-order valence-corrected chi connectivity index (χ4v) is 3.00. The van der Waals surface area contributed by atoms with Gasteiger partial charge in [0.15, 0.2) is 0 Å². The third-order valence-corrected chi connectivity index (χ3v) is 4.33. The minimum Gasteiger partial charge on any atom is -0.476 e. The van der Waals surface area contributed by atoms with Crippen LogP contribution in [0.3, 0.4) is 0 Å². The zero-order valence-corrected chi connectivity index (χ0v) is 24.6. The van der Waals surface area contributed by atoms with Crippen LogP contribution in [0.4, 0.5) is 16.3 Å². The van der Waals surface area contributed by atoms with Crippen molar-refractivity contribution < 1.29 is 14.3 Å². The van der Waals surface area contributed by atoms with Crippen LogP contribution in [0.1, 0.15) is 79.4 Å². The molecule has 8 nitrogen and oxygen atoms in total. The molecular weight excluding hydrogens is 466 g/mol. The first-order chi connectivity index (χ1) is 17.8. The molecule has 0 saturated heterocycles. The Kier molecular flexibility index (Phi) is 22.4. The summed E-state index contributed by atoms with van der Waals surface area (Å²) in [6, 6.07) is 11.6. The normalized spacial score (nSPS) is 9.35. The molecule has 2 aromatic rings. The number of alkyl carbamates (subject to hydrolysis) is 1. The van der Waals surface area contributed by atoms with Crippen molar-refractivity contribution in [2.45, 2.75) is 81.3 Å². The van der Waals surface area contributed by atoms with Crippen molar-refractivity contribution in [1.82, 2.24) is 10.3 Å². The van der Waals surface area contributed by atoms with Crippen LogP contribution in [0.2, 0.25) is 0 Å². The van der Waals surface area contributed by atoms with E-state index in [2.05, 4.69) is 29.0 Å². The van der Waals surface area contributed by atoms with Gasteiger partial charge in [-0.3, -0.25) is 0 Å². The average molecular weight is 518 g/mol. The lowest BCUT2D eigenvalue weighted by molar-refractivity contribution is 0.114. The molecule has 4 N–H and O–H groups in total. The van der Waals surface area contributed by atoms with Gasteiger partial charge >= 0.3 is 6.09 Å². The minimum atomic E-state index is -0.452. The van der Waals surface area contributed by atoms with Gasteiger partial charge in [-0.2, -0.15) is 4.98 Å². The lowest BCUT2D eigenvalue weighted by Gasteiger charge is -2.24. The molecule has 0 radical (unpaired) electrons. The molecule has 8 heteroatoms. The number of benzene rings is 1. The highest BCUT2D eigenvalue weighted by Gasteiger charge is 2.09. The van der Waals surface area contributed by atoms with E-state index in [0.717, 1.165) is 37.2 Å². The van der Waals surface area contributed by atoms with Gasteiger partial charge in [-0.05, 0) is 39.2 Å². The van der Waals surface area contributed by atoms with Crippen molar-refractivity contribution in [2.24, 2.45) is 0 Å². The van der Waals surface area contributed by atoms with E-state index < -0.39 is 6.09 Å². The molecular formula is C29H51N5O3. The minimum absolute atomic E-state index is 0.146. The van der Waals surface area contributed by atoms with Crippen LogP contribution in [0.5, 0.6) is 5.88 Å². The molecule has 210 valence electrons. The summed E-state index contributed by atoms with van der Waals surface area (Å²) in [6.45, 7) is 20.5. The molecule has 1 aromatic heterocycles. The van der Waals surface area contributed by atoms with E-state index >= 15 is 0 Å². The number of pyridine rings is 1.